The molecular weight excluding hydrogens is 301 g/mol. The zero-order valence-electron chi connectivity index (χ0n) is 11.4. The van der Waals surface area contributed by atoms with E-state index in [1.807, 2.05) is 6.92 Å². The average Bonchev–Trinajstić information content (AvgIpc) is 2.42. The van der Waals surface area contributed by atoms with Crippen molar-refractivity contribution in [1.29, 1.82) is 0 Å². The Hall–Kier alpha value is -0.970. The summed E-state index contributed by atoms with van der Waals surface area (Å²) in [5.74, 6) is 0.490. The maximum Gasteiger partial charge on any atom is 0.257 e. The van der Waals surface area contributed by atoms with E-state index >= 15 is 0 Å². The summed E-state index contributed by atoms with van der Waals surface area (Å²) in [6, 6.07) is 4.84. The first kappa shape index (κ1) is 17.1. The van der Waals surface area contributed by atoms with E-state index in [1.165, 1.54) is 0 Å². The van der Waals surface area contributed by atoms with Crippen LogP contribution in [0, 0.1) is 5.92 Å². The number of hydrogen-bond acceptors (Lipinski definition) is 3. The monoisotopic (exact) mass is 319 g/mol. The van der Waals surface area contributed by atoms with Crippen molar-refractivity contribution in [2.24, 2.45) is 5.92 Å². The normalized spacial score (nSPS) is 12.0. The van der Waals surface area contributed by atoms with Gasteiger partial charge >= 0.3 is 0 Å². The summed E-state index contributed by atoms with van der Waals surface area (Å²) >= 11 is 11.7. The van der Waals surface area contributed by atoms with E-state index in [0.717, 1.165) is 12.8 Å². The van der Waals surface area contributed by atoms with E-state index in [-0.39, 0.29) is 25.0 Å². The summed E-state index contributed by atoms with van der Waals surface area (Å²) in [7, 11) is 0. The molecule has 2 N–H and O–H groups in total. The van der Waals surface area contributed by atoms with Crippen molar-refractivity contribution >= 4 is 29.1 Å². The molecule has 1 aromatic carbocycles. The molecule has 0 radical (unpaired) electrons. The number of ether oxygens (including phenoxy) is 1. The van der Waals surface area contributed by atoms with E-state index in [0.29, 0.717) is 22.3 Å². The minimum absolute atomic E-state index is 0.0864. The molecular formula is C14H19Cl2NO3. The molecule has 1 rings (SSSR count). The molecule has 0 aliphatic rings. The summed E-state index contributed by atoms with van der Waals surface area (Å²) in [6.45, 7) is 2.62. The van der Waals surface area contributed by atoms with Gasteiger partial charge in [-0.25, -0.2) is 0 Å². The van der Waals surface area contributed by atoms with Gasteiger partial charge in [0.2, 0.25) is 0 Å². The van der Waals surface area contributed by atoms with Crippen molar-refractivity contribution in [3.05, 3.63) is 28.2 Å². The van der Waals surface area contributed by atoms with Gasteiger partial charge in [-0.15, -0.1) is 0 Å². The fraction of sp³-hybridized carbons (Fsp3) is 0.500. The number of nitrogens with one attached hydrogen (secondary N) is 1. The number of hydrogen-bond donors (Lipinski definition) is 2. The summed E-state index contributed by atoms with van der Waals surface area (Å²) in [6.07, 6.45) is 1.70. The quantitative estimate of drug-likeness (QED) is 0.724. The first-order valence-corrected chi connectivity index (χ1v) is 7.24. The maximum absolute atomic E-state index is 11.6. The molecule has 0 aromatic heterocycles. The lowest BCUT2D eigenvalue weighted by Gasteiger charge is -2.10. The first-order chi connectivity index (χ1) is 9.52. The van der Waals surface area contributed by atoms with Gasteiger partial charge in [0, 0.05) is 18.2 Å². The number of carbonyl (C=O) groups excluding carboxylic acids is 1. The van der Waals surface area contributed by atoms with Gasteiger partial charge in [-0.2, -0.15) is 0 Å². The Morgan fingerprint density at radius 2 is 2.20 bits per heavy atom. The Kier molecular flexibility index (Phi) is 7.73. The second-order valence-corrected chi connectivity index (χ2v) is 5.49. The zero-order chi connectivity index (χ0) is 15.0. The highest BCUT2D eigenvalue weighted by Crippen LogP contribution is 2.27. The Morgan fingerprint density at radius 3 is 2.85 bits per heavy atom. The van der Waals surface area contributed by atoms with Gasteiger partial charge in [0.05, 0.1) is 5.02 Å². The molecule has 0 heterocycles. The lowest BCUT2D eigenvalue weighted by Crippen LogP contribution is -2.30. The van der Waals surface area contributed by atoms with Crippen molar-refractivity contribution in [3.8, 4) is 5.75 Å². The fourth-order valence-corrected chi connectivity index (χ4v) is 2.02. The lowest BCUT2D eigenvalue weighted by atomic mass is 10.1. The van der Waals surface area contributed by atoms with Gasteiger partial charge in [0.15, 0.2) is 6.61 Å². The van der Waals surface area contributed by atoms with E-state index in [1.54, 1.807) is 18.2 Å². The molecule has 0 aliphatic heterocycles. The second kappa shape index (κ2) is 9.06. The third-order valence-electron chi connectivity index (χ3n) is 2.76. The molecule has 0 fully saturated rings. The number of rotatable bonds is 8. The Labute approximate surface area is 129 Å². The highest BCUT2D eigenvalue weighted by Gasteiger charge is 2.06. The van der Waals surface area contributed by atoms with Crippen molar-refractivity contribution in [1.82, 2.24) is 5.32 Å². The smallest absolute Gasteiger partial charge is 0.257 e. The van der Waals surface area contributed by atoms with E-state index < -0.39 is 0 Å². The van der Waals surface area contributed by atoms with Crippen LogP contribution in [0.25, 0.3) is 0 Å². The summed E-state index contributed by atoms with van der Waals surface area (Å²) in [5.41, 5.74) is 0. The van der Waals surface area contributed by atoms with Gasteiger partial charge in [-0.3, -0.25) is 4.79 Å². The Morgan fingerprint density at radius 1 is 1.45 bits per heavy atom. The standard InChI is InChI=1S/C14H19Cl2NO3/c1-10(8-18)3-2-6-17-14(19)9-20-13-5-4-11(15)7-12(13)16/h4-5,7,10,18H,2-3,6,8-9H2,1H3,(H,17,19). The average molecular weight is 320 g/mol. The number of benzene rings is 1. The molecule has 20 heavy (non-hydrogen) atoms. The van der Waals surface area contributed by atoms with Crippen molar-refractivity contribution in [2.75, 3.05) is 19.8 Å². The van der Waals surface area contributed by atoms with Crippen LogP contribution in [-0.2, 0) is 4.79 Å². The summed E-state index contributed by atoms with van der Waals surface area (Å²) in [4.78, 5) is 11.6. The van der Waals surface area contributed by atoms with Gasteiger partial charge < -0.3 is 15.2 Å². The molecule has 112 valence electrons. The second-order valence-electron chi connectivity index (χ2n) is 4.64. The third-order valence-corrected chi connectivity index (χ3v) is 3.29. The van der Waals surface area contributed by atoms with Crippen LogP contribution in [0.15, 0.2) is 18.2 Å². The molecule has 6 heteroatoms. The number of amides is 1. The molecule has 1 unspecified atom stereocenters. The SMILES string of the molecule is CC(CO)CCCNC(=O)COc1ccc(Cl)cc1Cl. The Bertz CT molecular complexity index is 440. The highest BCUT2D eigenvalue weighted by molar-refractivity contribution is 6.35. The minimum Gasteiger partial charge on any atom is -0.482 e. The summed E-state index contributed by atoms with van der Waals surface area (Å²) < 4.78 is 5.31. The van der Waals surface area contributed by atoms with E-state index in [2.05, 4.69) is 5.32 Å². The molecule has 4 nitrogen and oxygen atoms in total. The van der Waals surface area contributed by atoms with Crippen molar-refractivity contribution in [3.63, 3.8) is 0 Å². The van der Waals surface area contributed by atoms with Crippen LogP contribution < -0.4 is 10.1 Å². The number of halogens is 2. The maximum atomic E-state index is 11.6. The van der Waals surface area contributed by atoms with Crippen LogP contribution >= 0.6 is 23.2 Å². The molecule has 1 aromatic rings. The van der Waals surface area contributed by atoms with Crippen molar-refractivity contribution < 1.29 is 14.6 Å². The summed E-state index contributed by atoms with van der Waals surface area (Å²) in [5, 5.41) is 12.5. The van der Waals surface area contributed by atoms with E-state index in [9.17, 15) is 4.79 Å². The predicted molar refractivity (Wildman–Crippen MR) is 80.5 cm³/mol. The van der Waals surface area contributed by atoms with Gasteiger partial charge in [-0.05, 0) is 37.0 Å². The molecule has 0 saturated heterocycles. The molecule has 1 amide bonds. The van der Waals surface area contributed by atoms with Crippen LogP contribution in [0.3, 0.4) is 0 Å². The highest BCUT2D eigenvalue weighted by atomic mass is 35.5. The predicted octanol–water partition coefficient (Wildman–Crippen LogP) is 2.90. The van der Waals surface area contributed by atoms with Gasteiger partial charge in [0.1, 0.15) is 5.75 Å². The molecule has 1 atom stereocenters. The zero-order valence-corrected chi connectivity index (χ0v) is 12.9. The van der Waals surface area contributed by atoms with Crippen LogP contribution in [0.4, 0.5) is 0 Å². The van der Waals surface area contributed by atoms with Crippen LogP contribution in [0.2, 0.25) is 10.0 Å². The molecule has 0 aliphatic carbocycles. The molecule has 0 spiro atoms. The first-order valence-electron chi connectivity index (χ1n) is 6.48. The number of aliphatic hydroxyl groups excluding tert-OH is 1. The molecule has 0 saturated carbocycles. The van der Waals surface area contributed by atoms with Crippen LogP contribution in [0.5, 0.6) is 5.75 Å². The minimum atomic E-state index is -0.201. The largest absolute Gasteiger partial charge is 0.482 e. The van der Waals surface area contributed by atoms with Crippen molar-refractivity contribution in [2.45, 2.75) is 19.8 Å². The van der Waals surface area contributed by atoms with Gasteiger partial charge in [-0.1, -0.05) is 30.1 Å². The van der Waals surface area contributed by atoms with Crippen LogP contribution in [0.1, 0.15) is 19.8 Å². The lowest BCUT2D eigenvalue weighted by molar-refractivity contribution is -0.123. The molecule has 0 bridgehead atoms. The fourth-order valence-electron chi connectivity index (χ4n) is 1.56. The van der Waals surface area contributed by atoms with Crippen LogP contribution in [-0.4, -0.2) is 30.8 Å². The topological polar surface area (TPSA) is 58.6 Å². The van der Waals surface area contributed by atoms with E-state index in [4.69, 9.17) is 33.0 Å². The third kappa shape index (κ3) is 6.46. The Balaban J connectivity index is 2.23. The van der Waals surface area contributed by atoms with Gasteiger partial charge in [0.25, 0.3) is 5.91 Å². The number of carbonyl (C=O) groups is 1. The number of aliphatic hydroxyl groups is 1.